The quantitative estimate of drug-likeness (QED) is 0.326. The molecule has 3 fully saturated rings. The second-order valence-corrected chi connectivity index (χ2v) is 12.1. The molecule has 4 N–H and O–H groups in total. The van der Waals surface area contributed by atoms with E-state index in [1.54, 1.807) is 13.1 Å². The highest BCUT2D eigenvalue weighted by Gasteiger charge is 2.41. The summed E-state index contributed by atoms with van der Waals surface area (Å²) in [5.41, 5.74) is 3.33. The molecule has 0 spiro atoms. The normalized spacial score (nSPS) is 26.2. The van der Waals surface area contributed by atoms with Crippen LogP contribution < -0.4 is 10.2 Å². The van der Waals surface area contributed by atoms with E-state index < -0.39 is 18.2 Å². The van der Waals surface area contributed by atoms with Crippen molar-refractivity contribution in [3.8, 4) is 0 Å². The third-order valence-electron chi connectivity index (χ3n) is 9.35. The number of aliphatic hydroxyl groups is 3. The number of likely N-dealkylation sites (tertiary alicyclic amines) is 1. The van der Waals surface area contributed by atoms with Crippen molar-refractivity contribution in [2.75, 3.05) is 36.5 Å². The van der Waals surface area contributed by atoms with E-state index in [-0.39, 0.29) is 12.5 Å². The Morgan fingerprint density at radius 3 is 2.67 bits per heavy atom. The molecule has 1 amide bonds. The fourth-order valence-corrected chi connectivity index (χ4v) is 7.27. The first-order valence-electron chi connectivity index (χ1n) is 15.1. The molecule has 222 valence electrons. The Balaban J connectivity index is 1.11. The number of carbonyl (C=O) groups is 1. The van der Waals surface area contributed by atoms with Crippen molar-refractivity contribution in [1.82, 2.24) is 29.7 Å². The van der Waals surface area contributed by atoms with Crippen LogP contribution in [0.4, 0.5) is 17.6 Å². The molecular formula is C30H38N8O4. The SMILES string of the molecule is C[C@@H](O)c1cc2cnc(Nc3ccc4c(n3)CCN(C(=O)[C@H]3C[C@H](O)CN3CCO)C4)nc2c(N2C3CCC2CC3)n1. The molecule has 7 heterocycles. The average molecular weight is 575 g/mol. The van der Waals surface area contributed by atoms with E-state index in [0.717, 1.165) is 53.7 Å². The van der Waals surface area contributed by atoms with Crippen molar-refractivity contribution >= 4 is 34.4 Å². The lowest BCUT2D eigenvalue weighted by Gasteiger charge is -2.33. The Bertz CT molecular complexity index is 1480. The first-order valence-corrected chi connectivity index (χ1v) is 15.1. The third kappa shape index (κ3) is 4.96. The van der Waals surface area contributed by atoms with Crippen LogP contribution in [0.25, 0.3) is 10.9 Å². The van der Waals surface area contributed by atoms with Gasteiger partial charge in [0.15, 0.2) is 5.82 Å². The number of hydrogen-bond acceptors (Lipinski definition) is 11. The number of aromatic nitrogens is 4. The summed E-state index contributed by atoms with van der Waals surface area (Å²) >= 11 is 0. The zero-order valence-corrected chi connectivity index (χ0v) is 23.9. The van der Waals surface area contributed by atoms with Gasteiger partial charge in [0.1, 0.15) is 11.3 Å². The summed E-state index contributed by atoms with van der Waals surface area (Å²) < 4.78 is 0. The van der Waals surface area contributed by atoms with Crippen molar-refractivity contribution in [2.45, 2.75) is 82.3 Å². The lowest BCUT2D eigenvalue weighted by atomic mass is 10.0. The zero-order chi connectivity index (χ0) is 29.0. The number of rotatable bonds is 7. The van der Waals surface area contributed by atoms with Crippen molar-refractivity contribution < 1.29 is 20.1 Å². The molecule has 3 saturated heterocycles. The number of hydrogen-bond donors (Lipinski definition) is 4. The molecular weight excluding hydrogens is 536 g/mol. The highest BCUT2D eigenvalue weighted by atomic mass is 16.3. The first-order chi connectivity index (χ1) is 20.4. The van der Waals surface area contributed by atoms with Gasteiger partial charge < -0.3 is 30.4 Å². The predicted molar refractivity (Wildman–Crippen MR) is 156 cm³/mol. The summed E-state index contributed by atoms with van der Waals surface area (Å²) in [5.74, 6) is 1.89. The van der Waals surface area contributed by atoms with Gasteiger partial charge in [0, 0.05) is 62.0 Å². The van der Waals surface area contributed by atoms with Crippen LogP contribution in [0, 0.1) is 0 Å². The lowest BCUT2D eigenvalue weighted by molar-refractivity contribution is -0.137. The molecule has 0 saturated carbocycles. The van der Waals surface area contributed by atoms with Crippen LogP contribution in [0.3, 0.4) is 0 Å². The van der Waals surface area contributed by atoms with E-state index in [4.69, 9.17) is 15.0 Å². The van der Waals surface area contributed by atoms with Crippen LogP contribution in [0.2, 0.25) is 0 Å². The van der Waals surface area contributed by atoms with Crippen molar-refractivity contribution in [1.29, 1.82) is 0 Å². The van der Waals surface area contributed by atoms with Gasteiger partial charge in [-0.15, -0.1) is 0 Å². The molecule has 0 radical (unpaired) electrons. The lowest BCUT2D eigenvalue weighted by Crippen LogP contribution is -2.48. The molecule has 0 unspecified atom stereocenters. The van der Waals surface area contributed by atoms with E-state index in [0.29, 0.717) is 68.6 Å². The van der Waals surface area contributed by atoms with Gasteiger partial charge in [0.2, 0.25) is 11.9 Å². The zero-order valence-electron chi connectivity index (χ0n) is 23.9. The monoisotopic (exact) mass is 574 g/mol. The van der Waals surface area contributed by atoms with E-state index in [1.807, 2.05) is 28.0 Å². The summed E-state index contributed by atoms with van der Waals surface area (Å²) in [4.78, 5) is 38.6. The molecule has 12 nitrogen and oxygen atoms in total. The van der Waals surface area contributed by atoms with Crippen LogP contribution in [-0.2, 0) is 17.8 Å². The second-order valence-electron chi connectivity index (χ2n) is 12.1. The van der Waals surface area contributed by atoms with Gasteiger partial charge in [-0.3, -0.25) is 9.69 Å². The van der Waals surface area contributed by atoms with Gasteiger partial charge in [0.05, 0.1) is 30.6 Å². The topological polar surface area (TPSA) is 151 Å². The summed E-state index contributed by atoms with van der Waals surface area (Å²) in [7, 11) is 0. The highest BCUT2D eigenvalue weighted by molar-refractivity contribution is 5.90. The van der Waals surface area contributed by atoms with Crippen LogP contribution in [0.1, 0.15) is 62.1 Å². The molecule has 2 bridgehead atoms. The molecule has 3 atom stereocenters. The second kappa shape index (κ2) is 11.0. The molecule has 0 aromatic carbocycles. The number of fused-ring (bicyclic) bond motifs is 4. The molecule has 7 rings (SSSR count). The maximum Gasteiger partial charge on any atom is 0.240 e. The highest BCUT2D eigenvalue weighted by Crippen LogP contribution is 2.42. The van der Waals surface area contributed by atoms with Gasteiger partial charge in [-0.2, -0.15) is 0 Å². The van der Waals surface area contributed by atoms with Crippen LogP contribution in [0.5, 0.6) is 0 Å². The minimum absolute atomic E-state index is 0.00739. The minimum Gasteiger partial charge on any atom is -0.395 e. The fraction of sp³-hybridized carbons (Fsp3) is 0.567. The summed E-state index contributed by atoms with van der Waals surface area (Å²) in [6, 6.07) is 6.26. The molecule has 0 aliphatic carbocycles. The number of aliphatic hydroxyl groups excluding tert-OH is 3. The fourth-order valence-electron chi connectivity index (χ4n) is 7.27. The molecule has 42 heavy (non-hydrogen) atoms. The summed E-state index contributed by atoms with van der Waals surface area (Å²) in [5, 5.41) is 33.9. The van der Waals surface area contributed by atoms with Crippen molar-refractivity contribution in [2.24, 2.45) is 0 Å². The number of β-amino-alcohol motifs (C(OH)–C–C–N with tert-alkyl or cyclic N) is 2. The molecule has 12 heteroatoms. The van der Waals surface area contributed by atoms with Gasteiger partial charge >= 0.3 is 0 Å². The number of nitrogens with zero attached hydrogens (tertiary/aromatic N) is 7. The largest absolute Gasteiger partial charge is 0.395 e. The van der Waals surface area contributed by atoms with E-state index >= 15 is 0 Å². The Morgan fingerprint density at radius 1 is 1.14 bits per heavy atom. The van der Waals surface area contributed by atoms with E-state index in [2.05, 4.69) is 15.2 Å². The number of anilines is 3. The number of amides is 1. The van der Waals surface area contributed by atoms with Gasteiger partial charge in [-0.05, 0) is 56.7 Å². The Hall–Kier alpha value is -3.45. The molecule has 4 aliphatic rings. The summed E-state index contributed by atoms with van der Waals surface area (Å²) in [6.07, 6.45) is 6.21. The van der Waals surface area contributed by atoms with E-state index in [9.17, 15) is 20.1 Å². The van der Waals surface area contributed by atoms with Crippen molar-refractivity contribution in [3.63, 3.8) is 0 Å². The molecule has 3 aromatic heterocycles. The maximum absolute atomic E-state index is 13.3. The summed E-state index contributed by atoms with van der Waals surface area (Å²) in [6.45, 7) is 3.49. The van der Waals surface area contributed by atoms with Crippen LogP contribution in [0.15, 0.2) is 24.4 Å². The van der Waals surface area contributed by atoms with Crippen LogP contribution in [-0.4, -0.2) is 101 Å². The van der Waals surface area contributed by atoms with Crippen LogP contribution >= 0.6 is 0 Å². The average Bonchev–Trinajstić information content (AvgIpc) is 3.70. The standard InChI is InChI=1S/C30H38N8O4/c1-17(40)24-12-19-14-31-30(35-27(19)28(33-24)38-20-3-4-21(38)6-5-20)34-26-7-2-18-15-37(9-8-23(18)32-26)29(42)25-13-22(41)16-36(25)10-11-39/h2,7,12,14,17,20-22,25,39-41H,3-6,8-11,13,15-16H2,1H3,(H,31,32,34,35)/t17-,20?,21?,22+,25-/m1/s1. The van der Waals surface area contributed by atoms with E-state index in [1.165, 1.54) is 0 Å². The number of nitrogens with one attached hydrogen (secondary N) is 1. The molecule has 3 aromatic rings. The van der Waals surface area contributed by atoms with Gasteiger partial charge in [-0.1, -0.05) is 6.07 Å². The van der Waals surface area contributed by atoms with Crippen molar-refractivity contribution in [3.05, 3.63) is 41.3 Å². The molecule has 4 aliphatic heterocycles. The Labute approximate surface area is 244 Å². The third-order valence-corrected chi connectivity index (χ3v) is 9.35. The Kier molecular flexibility index (Phi) is 7.17. The first kappa shape index (κ1) is 27.4. The number of carbonyl (C=O) groups excluding carboxylic acids is 1. The maximum atomic E-state index is 13.3. The van der Waals surface area contributed by atoms with Gasteiger partial charge in [-0.25, -0.2) is 19.9 Å². The minimum atomic E-state index is -0.679. The number of pyridine rings is 2. The Morgan fingerprint density at radius 2 is 1.93 bits per heavy atom. The van der Waals surface area contributed by atoms with Gasteiger partial charge in [0.25, 0.3) is 0 Å². The smallest absolute Gasteiger partial charge is 0.240 e. The predicted octanol–water partition coefficient (Wildman–Crippen LogP) is 1.66.